The number of thioether (sulfide) groups is 1. The zero-order chi connectivity index (χ0) is 20.9. The largest absolute Gasteiger partial charge is 0.486 e. The van der Waals surface area contributed by atoms with Gasteiger partial charge in [-0.1, -0.05) is 41.3 Å². The Kier molecular flexibility index (Phi) is 6.39. The van der Waals surface area contributed by atoms with Gasteiger partial charge in [-0.05, 0) is 49.2 Å². The summed E-state index contributed by atoms with van der Waals surface area (Å²) in [4.78, 5) is 12.4. The smallest absolute Gasteiger partial charge is 0.230 e. The van der Waals surface area contributed by atoms with Gasteiger partial charge < -0.3 is 20.1 Å². The molecule has 0 saturated carbocycles. The van der Waals surface area contributed by atoms with Crippen molar-refractivity contribution in [2.45, 2.75) is 24.2 Å². The number of nitrogens with zero attached hydrogens (tertiary/aromatic N) is 2. The molecule has 0 fully saturated rings. The number of hydrogen-bond donors (Lipinski definition) is 2. The lowest BCUT2D eigenvalue weighted by molar-refractivity contribution is -0.119. The number of anilines is 2. The second kappa shape index (κ2) is 9.36. The molecule has 1 aliphatic rings. The Morgan fingerprint density at radius 1 is 1.17 bits per heavy atom. The monoisotopic (exact) mass is 442 g/mol. The van der Waals surface area contributed by atoms with Crippen molar-refractivity contribution < 1.29 is 14.3 Å². The zero-order valence-corrected chi connectivity index (χ0v) is 18.3. The maximum Gasteiger partial charge on any atom is 0.230 e. The maximum atomic E-state index is 12.4. The van der Waals surface area contributed by atoms with Crippen LogP contribution in [0.4, 0.5) is 10.8 Å². The van der Waals surface area contributed by atoms with Crippen LogP contribution in [-0.2, 0) is 4.79 Å². The Balaban J connectivity index is 1.28. The molecule has 9 heteroatoms. The molecular weight excluding hydrogens is 420 g/mol. The Morgan fingerprint density at radius 2 is 2.00 bits per heavy atom. The minimum absolute atomic E-state index is 0.0641. The molecule has 1 amide bonds. The first-order valence-electron chi connectivity index (χ1n) is 9.56. The molecule has 2 aromatic carbocycles. The zero-order valence-electron chi connectivity index (χ0n) is 16.7. The van der Waals surface area contributed by atoms with Crippen LogP contribution in [0.15, 0.2) is 46.8 Å². The molecule has 4 rings (SSSR count). The predicted octanol–water partition coefficient (Wildman–Crippen LogP) is 4.33. The van der Waals surface area contributed by atoms with Gasteiger partial charge in [-0.3, -0.25) is 4.79 Å². The van der Waals surface area contributed by atoms with Crippen LogP contribution < -0.4 is 20.1 Å². The number of benzene rings is 2. The molecule has 7 nitrogen and oxygen atoms in total. The molecule has 1 aromatic heterocycles. The summed E-state index contributed by atoms with van der Waals surface area (Å²) in [5.74, 6) is 1.67. The minimum atomic E-state index is -0.137. The van der Waals surface area contributed by atoms with E-state index in [-0.39, 0.29) is 17.7 Å². The van der Waals surface area contributed by atoms with Crippen LogP contribution >= 0.6 is 23.1 Å². The highest BCUT2D eigenvalue weighted by Gasteiger charge is 2.16. The third-order valence-corrected chi connectivity index (χ3v) is 6.42. The van der Waals surface area contributed by atoms with Gasteiger partial charge in [-0.15, -0.1) is 10.2 Å². The third-order valence-electron chi connectivity index (χ3n) is 4.45. The highest BCUT2D eigenvalue weighted by atomic mass is 32.2. The van der Waals surface area contributed by atoms with Gasteiger partial charge in [0, 0.05) is 5.69 Å². The normalized spacial score (nSPS) is 13.5. The van der Waals surface area contributed by atoms with E-state index in [1.807, 2.05) is 56.3 Å². The van der Waals surface area contributed by atoms with E-state index in [1.54, 1.807) is 0 Å². The molecule has 156 valence electrons. The molecule has 0 aliphatic carbocycles. The molecule has 3 aromatic rings. The van der Waals surface area contributed by atoms with E-state index in [2.05, 4.69) is 20.8 Å². The molecule has 0 saturated heterocycles. The number of aryl methyl sites for hydroxylation is 1. The third kappa shape index (κ3) is 5.22. The van der Waals surface area contributed by atoms with Crippen molar-refractivity contribution in [3.05, 3.63) is 53.6 Å². The Labute approximate surface area is 183 Å². The number of carbonyl (C=O) groups excluding carboxylic acids is 1. The van der Waals surface area contributed by atoms with Crippen LogP contribution in [0.2, 0.25) is 0 Å². The van der Waals surface area contributed by atoms with Crippen LogP contribution in [0.3, 0.4) is 0 Å². The molecule has 0 radical (unpaired) electrons. The standard InChI is InChI=1S/C21H22N4O3S2/c1-13-4-3-5-16(10-13)23-20-24-25-21(30-20)29-12-19(26)22-14(2)15-6-7-17-18(11-15)28-9-8-27-17/h3-7,10-11,14H,8-9,12H2,1-2H3,(H,22,26)(H,23,24)/t14-/m0/s1. The number of nitrogens with one attached hydrogen (secondary N) is 2. The molecule has 0 unspecified atom stereocenters. The SMILES string of the molecule is Cc1cccc(Nc2nnc(SCC(=O)N[C@@H](C)c3ccc4c(c3)OCCO4)s2)c1. The van der Waals surface area contributed by atoms with Gasteiger partial charge in [0.2, 0.25) is 11.0 Å². The number of fused-ring (bicyclic) bond motifs is 1. The van der Waals surface area contributed by atoms with E-state index in [1.165, 1.54) is 28.7 Å². The van der Waals surface area contributed by atoms with Crippen molar-refractivity contribution in [3.8, 4) is 11.5 Å². The van der Waals surface area contributed by atoms with Crippen molar-refractivity contribution in [2.75, 3.05) is 24.3 Å². The first-order chi connectivity index (χ1) is 14.6. The van der Waals surface area contributed by atoms with E-state index in [9.17, 15) is 4.79 Å². The number of rotatable bonds is 7. The van der Waals surface area contributed by atoms with Crippen LogP contribution in [-0.4, -0.2) is 35.1 Å². The lowest BCUT2D eigenvalue weighted by Gasteiger charge is -2.21. The number of carbonyl (C=O) groups is 1. The lowest BCUT2D eigenvalue weighted by atomic mass is 10.1. The lowest BCUT2D eigenvalue weighted by Crippen LogP contribution is -2.28. The van der Waals surface area contributed by atoms with E-state index < -0.39 is 0 Å². The first-order valence-corrected chi connectivity index (χ1v) is 11.4. The molecule has 1 aliphatic heterocycles. The van der Waals surface area contributed by atoms with E-state index in [4.69, 9.17) is 9.47 Å². The van der Waals surface area contributed by atoms with Gasteiger partial charge >= 0.3 is 0 Å². The average Bonchev–Trinajstić information content (AvgIpc) is 3.19. The summed E-state index contributed by atoms with van der Waals surface area (Å²) in [6.07, 6.45) is 0. The van der Waals surface area contributed by atoms with Crippen molar-refractivity contribution in [1.29, 1.82) is 0 Å². The van der Waals surface area contributed by atoms with Gasteiger partial charge in [-0.2, -0.15) is 0 Å². The van der Waals surface area contributed by atoms with Gasteiger partial charge in [-0.25, -0.2) is 0 Å². The average molecular weight is 443 g/mol. The number of aromatic nitrogens is 2. The Hall–Kier alpha value is -2.78. The number of ether oxygens (including phenoxy) is 2. The second-order valence-corrected chi connectivity index (χ2v) is 9.05. The fraction of sp³-hybridized carbons (Fsp3) is 0.286. The van der Waals surface area contributed by atoms with E-state index in [0.717, 1.165) is 27.1 Å². The summed E-state index contributed by atoms with van der Waals surface area (Å²) in [5.41, 5.74) is 3.11. The van der Waals surface area contributed by atoms with Crippen LogP contribution in [0.1, 0.15) is 24.1 Å². The van der Waals surface area contributed by atoms with Crippen molar-refractivity contribution >= 4 is 39.8 Å². The van der Waals surface area contributed by atoms with Gasteiger partial charge in [0.05, 0.1) is 11.8 Å². The molecule has 2 N–H and O–H groups in total. The quantitative estimate of drug-likeness (QED) is 0.527. The summed E-state index contributed by atoms with van der Waals surface area (Å²) in [7, 11) is 0. The summed E-state index contributed by atoms with van der Waals surface area (Å²) in [5, 5.41) is 15.3. The first kappa shape index (κ1) is 20.5. The molecule has 0 spiro atoms. The summed E-state index contributed by atoms with van der Waals surface area (Å²) in [6.45, 7) is 5.08. The predicted molar refractivity (Wildman–Crippen MR) is 119 cm³/mol. The van der Waals surface area contributed by atoms with Crippen molar-refractivity contribution in [3.63, 3.8) is 0 Å². The second-order valence-electron chi connectivity index (χ2n) is 6.85. The van der Waals surface area contributed by atoms with Crippen LogP contribution in [0.25, 0.3) is 0 Å². The van der Waals surface area contributed by atoms with Gasteiger partial charge in [0.1, 0.15) is 13.2 Å². The van der Waals surface area contributed by atoms with Gasteiger partial charge in [0.15, 0.2) is 15.8 Å². The van der Waals surface area contributed by atoms with E-state index >= 15 is 0 Å². The fourth-order valence-corrected chi connectivity index (χ4v) is 4.57. The Bertz CT molecular complexity index is 1040. The minimum Gasteiger partial charge on any atom is -0.486 e. The maximum absolute atomic E-state index is 12.4. The van der Waals surface area contributed by atoms with Gasteiger partial charge in [0.25, 0.3) is 0 Å². The Morgan fingerprint density at radius 3 is 2.83 bits per heavy atom. The summed E-state index contributed by atoms with van der Waals surface area (Å²) >= 11 is 2.80. The van der Waals surface area contributed by atoms with Crippen molar-refractivity contribution in [2.24, 2.45) is 0 Å². The summed E-state index contributed by atoms with van der Waals surface area (Å²) in [6, 6.07) is 13.7. The summed E-state index contributed by atoms with van der Waals surface area (Å²) < 4.78 is 11.9. The molecule has 2 heterocycles. The molecule has 30 heavy (non-hydrogen) atoms. The van der Waals surface area contributed by atoms with Crippen molar-refractivity contribution in [1.82, 2.24) is 15.5 Å². The highest BCUT2D eigenvalue weighted by Crippen LogP contribution is 2.33. The topological polar surface area (TPSA) is 85.4 Å². The molecule has 0 bridgehead atoms. The fourth-order valence-electron chi connectivity index (χ4n) is 2.99. The molecule has 1 atom stereocenters. The van der Waals surface area contributed by atoms with Crippen LogP contribution in [0.5, 0.6) is 11.5 Å². The number of hydrogen-bond acceptors (Lipinski definition) is 8. The van der Waals surface area contributed by atoms with Crippen LogP contribution in [0, 0.1) is 6.92 Å². The number of amides is 1. The van der Waals surface area contributed by atoms with E-state index in [0.29, 0.717) is 18.3 Å². The highest BCUT2D eigenvalue weighted by molar-refractivity contribution is 8.01. The molecular formula is C21H22N4O3S2.